The lowest BCUT2D eigenvalue weighted by atomic mass is 10.1. The summed E-state index contributed by atoms with van der Waals surface area (Å²) >= 11 is 0. The lowest BCUT2D eigenvalue weighted by molar-refractivity contribution is -0.120. The summed E-state index contributed by atoms with van der Waals surface area (Å²) in [6.07, 6.45) is 0.194. The summed E-state index contributed by atoms with van der Waals surface area (Å²) in [5.41, 5.74) is 4.79. The molecular formula is C24H24N4O3. The molecule has 0 saturated carbocycles. The van der Waals surface area contributed by atoms with Gasteiger partial charge in [0.2, 0.25) is 5.91 Å². The van der Waals surface area contributed by atoms with Crippen molar-refractivity contribution >= 4 is 11.6 Å². The second-order valence-electron chi connectivity index (χ2n) is 7.45. The Labute approximate surface area is 179 Å². The Morgan fingerprint density at radius 3 is 2.55 bits per heavy atom. The molecule has 0 aliphatic heterocycles. The quantitative estimate of drug-likeness (QED) is 0.485. The van der Waals surface area contributed by atoms with Gasteiger partial charge in [0.05, 0.1) is 6.42 Å². The number of fused-ring (bicyclic) bond motifs is 1. The number of carbonyl (C=O) groups excluding carboxylic acids is 1. The predicted octanol–water partition coefficient (Wildman–Crippen LogP) is 3.08. The van der Waals surface area contributed by atoms with Crippen LogP contribution in [0.1, 0.15) is 28.1 Å². The van der Waals surface area contributed by atoms with E-state index in [2.05, 4.69) is 15.4 Å². The van der Waals surface area contributed by atoms with Gasteiger partial charge in [-0.2, -0.15) is 0 Å². The first kappa shape index (κ1) is 20.4. The van der Waals surface area contributed by atoms with Gasteiger partial charge in [0.25, 0.3) is 5.56 Å². The van der Waals surface area contributed by atoms with E-state index in [1.165, 1.54) is 6.07 Å². The summed E-state index contributed by atoms with van der Waals surface area (Å²) in [4.78, 5) is 28.5. The van der Waals surface area contributed by atoms with Crippen molar-refractivity contribution in [2.24, 2.45) is 0 Å². The number of nitrogens with zero attached hydrogens (tertiary/aromatic N) is 2. The highest BCUT2D eigenvalue weighted by atomic mass is 16.5. The average molecular weight is 416 g/mol. The standard InChI is InChI=1S/C24H24N4O3/c1-16-21(17(2)28-22(26-16)13-24(30)27-28)12-23(29)25-14-18-8-10-20(11-9-18)31-15-19-6-4-3-5-7-19/h3-11,13H,12,14-15H2,1-2H3,(H,25,29)(H,27,30). The smallest absolute Gasteiger partial charge is 0.266 e. The van der Waals surface area contributed by atoms with Gasteiger partial charge in [0.15, 0.2) is 5.65 Å². The highest BCUT2D eigenvalue weighted by molar-refractivity contribution is 5.79. The number of hydrogen-bond donors (Lipinski definition) is 2. The van der Waals surface area contributed by atoms with Crippen molar-refractivity contribution in [1.82, 2.24) is 19.9 Å². The Balaban J connectivity index is 1.34. The van der Waals surface area contributed by atoms with Crippen molar-refractivity contribution < 1.29 is 9.53 Å². The zero-order valence-electron chi connectivity index (χ0n) is 17.5. The number of carbonyl (C=O) groups is 1. The highest BCUT2D eigenvalue weighted by Gasteiger charge is 2.14. The van der Waals surface area contributed by atoms with E-state index >= 15 is 0 Å². The summed E-state index contributed by atoms with van der Waals surface area (Å²) < 4.78 is 7.41. The van der Waals surface area contributed by atoms with Crippen molar-refractivity contribution in [3.8, 4) is 5.75 Å². The monoisotopic (exact) mass is 416 g/mol. The molecule has 2 aromatic heterocycles. The molecule has 0 aliphatic rings. The van der Waals surface area contributed by atoms with Gasteiger partial charge in [0, 0.05) is 29.6 Å². The molecule has 1 amide bonds. The fourth-order valence-corrected chi connectivity index (χ4v) is 3.48. The summed E-state index contributed by atoms with van der Waals surface area (Å²) in [5.74, 6) is 0.677. The molecule has 0 fully saturated rings. The van der Waals surface area contributed by atoms with Crippen molar-refractivity contribution in [1.29, 1.82) is 0 Å². The number of rotatable bonds is 7. The number of amides is 1. The van der Waals surface area contributed by atoms with Crippen LogP contribution in [-0.4, -0.2) is 20.5 Å². The average Bonchev–Trinajstić information content (AvgIpc) is 3.15. The van der Waals surface area contributed by atoms with Crippen molar-refractivity contribution in [3.63, 3.8) is 0 Å². The van der Waals surface area contributed by atoms with E-state index in [4.69, 9.17) is 4.74 Å². The van der Waals surface area contributed by atoms with Gasteiger partial charge in [0.1, 0.15) is 12.4 Å². The molecule has 0 atom stereocenters. The van der Waals surface area contributed by atoms with Gasteiger partial charge in [-0.3, -0.25) is 14.7 Å². The molecule has 7 nitrogen and oxygen atoms in total. The first-order valence-corrected chi connectivity index (χ1v) is 10.1. The second-order valence-corrected chi connectivity index (χ2v) is 7.45. The minimum atomic E-state index is -0.215. The summed E-state index contributed by atoms with van der Waals surface area (Å²) in [5, 5.41) is 5.65. The Morgan fingerprint density at radius 1 is 1.06 bits per heavy atom. The maximum Gasteiger partial charge on any atom is 0.266 e. The van der Waals surface area contributed by atoms with E-state index in [9.17, 15) is 9.59 Å². The molecule has 0 radical (unpaired) electrons. The van der Waals surface area contributed by atoms with Crippen LogP contribution >= 0.6 is 0 Å². The molecule has 0 saturated heterocycles. The highest BCUT2D eigenvalue weighted by Crippen LogP contribution is 2.16. The van der Waals surface area contributed by atoms with E-state index in [1.807, 2.05) is 68.4 Å². The summed E-state index contributed by atoms with van der Waals surface area (Å²) in [6.45, 7) is 4.66. The zero-order chi connectivity index (χ0) is 21.8. The number of aryl methyl sites for hydroxylation is 2. The minimum Gasteiger partial charge on any atom is -0.489 e. The zero-order valence-corrected chi connectivity index (χ0v) is 17.5. The maximum absolute atomic E-state index is 12.5. The number of benzene rings is 2. The molecule has 31 heavy (non-hydrogen) atoms. The third-order valence-corrected chi connectivity index (χ3v) is 5.20. The summed E-state index contributed by atoms with van der Waals surface area (Å²) in [7, 11) is 0. The van der Waals surface area contributed by atoms with Gasteiger partial charge in [-0.25, -0.2) is 9.50 Å². The van der Waals surface area contributed by atoms with E-state index in [-0.39, 0.29) is 17.9 Å². The topological polar surface area (TPSA) is 88.5 Å². The van der Waals surface area contributed by atoms with Crippen LogP contribution in [0, 0.1) is 13.8 Å². The van der Waals surface area contributed by atoms with Gasteiger partial charge >= 0.3 is 0 Å². The van der Waals surface area contributed by atoms with Crippen LogP contribution in [0.15, 0.2) is 65.5 Å². The number of nitrogens with one attached hydrogen (secondary N) is 2. The van der Waals surface area contributed by atoms with Crippen molar-refractivity contribution in [3.05, 3.63) is 99.1 Å². The predicted molar refractivity (Wildman–Crippen MR) is 118 cm³/mol. The molecule has 2 aromatic carbocycles. The van der Waals surface area contributed by atoms with Gasteiger partial charge < -0.3 is 10.1 Å². The Morgan fingerprint density at radius 2 is 1.81 bits per heavy atom. The number of hydrogen-bond acceptors (Lipinski definition) is 4. The molecule has 0 unspecified atom stereocenters. The van der Waals surface area contributed by atoms with Crippen LogP contribution in [0.2, 0.25) is 0 Å². The molecule has 0 aliphatic carbocycles. The van der Waals surface area contributed by atoms with Crippen LogP contribution in [0.25, 0.3) is 5.65 Å². The maximum atomic E-state index is 12.5. The molecule has 2 N–H and O–H groups in total. The van der Waals surface area contributed by atoms with Crippen molar-refractivity contribution in [2.45, 2.75) is 33.4 Å². The molecular weight excluding hydrogens is 392 g/mol. The Kier molecular flexibility index (Phi) is 5.84. The first-order valence-electron chi connectivity index (χ1n) is 10.1. The lowest BCUT2D eigenvalue weighted by Crippen LogP contribution is -2.25. The third-order valence-electron chi connectivity index (χ3n) is 5.20. The van der Waals surface area contributed by atoms with Gasteiger partial charge in [-0.15, -0.1) is 0 Å². The van der Waals surface area contributed by atoms with Crippen LogP contribution < -0.4 is 15.6 Å². The van der Waals surface area contributed by atoms with Crippen LogP contribution in [-0.2, 0) is 24.4 Å². The van der Waals surface area contributed by atoms with Crippen LogP contribution in [0.4, 0.5) is 0 Å². The second kappa shape index (κ2) is 8.87. The normalized spacial score (nSPS) is 10.9. The third kappa shape index (κ3) is 4.83. The number of H-pyrrole nitrogens is 1. The van der Waals surface area contributed by atoms with Crippen LogP contribution in [0.3, 0.4) is 0 Å². The molecule has 7 heteroatoms. The van der Waals surface area contributed by atoms with E-state index in [0.717, 1.165) is 33.8 Å². The fraction of sp³-hybridized carbons (Fsp3) is 0.208. The Bertz CT molecular complexity index is 1260. The van der Waals surface area contributed by atoms with E-state index < -0.39 is 0 Å². The molecule has 0 bridgehead atoms. The SMILES string of the molecule is Cc1nc2cc(=O)[nH]n2c(C)c1CC(=O)NCc1ccc(OCc2ccccc2)cc1. The van der Waals surface area contributed by atoms with Gasteiger partial charge in [-0.05, 0) is 37.1 Å². The van der Waals surface area contributed by atoms with Crippen molar-refractivity contribution in [2.75, 3.05) is 0 Å². The largest absolute Gasteiger partial charge is 0.489 e. The molecule has 158 valence electrons. The number of aromatic nitrogens is 3. The van der Waals surface area contributed by atoms with E-state index in [0.29, 0.717) is 18.8 Å². The molecule has 2 heterocycles. The number of ether oxygens (including phenoxy) is 1. The molecule has 4 aromatic rings. The molecule has 0 spiro atoms. The number of aromatic amines is 1. The molecule has 4 rings (SSSR count). The minimum absolute atomic E-state index is 0.105. The summed E-state index contributed by atoms with van der Waals surface area (Å²) in [6, 6.07) is 19.1. The Hall–Kier alpha value is -3.87. The van der Waals surface area contributed by atoms with E-state index in [1.54, 1.807) is 4.52 Å². The van der Waals surface area contributed by atoms with Gasteiger partial charge in [-0.1, -0.05) is 42.5 Å². The lowest BCUT2D eigenvalue weighted by Gasteiger charge is -2.12. The van der Waals surface area contributed by atoms with Crippen LogP contribution in [0.5, 0.6) is 5.75 Å². The fourth-order valence-electron chi connectivity index (χ4n) is 3.48. The first-order chi connectivity index (χ1) is 15.0.